The number of thiophene rings is 1. The fraction of sp³-hybridized carbons (Fsp3) is 0.692. The first-order valence-corrected chi connectivity index (χ1v) is 6.71. The first-order valence-electron chi connectivity index (χ1n) is 5.90. The van der Waals surface area contributed by atoms with Gasteiger partial charge in [-0.3, -0.25) is 0 Å². The summed E-state index contributed by atoms with van der Waals surface area (Å²) in [6.45, 7) is 7.75. The van der Waals surface area contributed by atoms with Crippen LogP contribution in [0.5, 0.6) is 0 Å². The van der Waals surface area contributed by atoms with Crippen LogP contribution < -0.4 is 5.73 Å². The van der Waals surface area contributed by atoms with Crippen molar-refractivity contribution in [3.05, 3.63) is 21.9 Å². The quantitative estimate of drug-likeness (QED) is 0.832. The molecule has 1 aliphatic rings. The first kappa shape index (κ1) is 11.2. The lowest BCUT2D eigenvalue weighted by Crippen LogP contribution is -2.05. The van der Waals surface area contributed by atoms with Crippen molar-refractivity contribution in [3.63, 3.8) is 0 Å². The summed E-state index contributed by atoms with van der Waals surface area (Å²) >= 11 is 1.99. The number of rotatable bonds is 4. The van der Waals surface area contributed by atoms with Crippen LogP contribution in [0, 0.1) is 11.3 Å². The van der Waals surface area contributed by atoms with E-state index in [4.69, 9.17) is 5.73 Å². The number of nitrogens with two attached hydrogens (primary N) is 1. The molecule has 2 atom stereocenters. The molecule has 0 saturated heterocycles. The van der Waals surface area contributed by atoms with E-state index in [1.54, 1.807) is 4.88 Å². The molecular formula is C13H21NS. The summed E-state index contributed by atoms with van der Waals surface area (Å²) < 4.78 is 0. The van der Waals surface area contributed by atoms with Crippen molar-refractivity contribution in [1.82, 2.24) is 0 Å². The van der Waals surface area contributed by atoms with Gasteiger partial charge in [0.2, 0.25) is 0 Å². The third kappa shape index (κ3) is 1.85. The average Bonchev–Trinajstić information content (AvgIpc) is 2.57. The second-order valence-electron chi connectivity index (χ2n) is 5.20. The normalized spacial score (nSPS) is 28.0. The van der Waals surface area contributed by atoms with Crippen LogP contribution >= 0.6 is 11.3 Å². The van der Waals surface area contributed by atoms with Crippen molar-refractivity contribution in [3.8, 4) is 0 Å². The SMILES string of the molecule is CCCc1ccc(C2C(CN)C2(C)C)s1. The average molecular weight is 223 g/mol. The topological polar surface area (TPSA) is 26.0 Å². The Morgan fingerprint density at radius 1 is 1.40 bits per heavy atom. The van der Waals surface area contributed by atoms with Gasteiger partial charge in [-0.25, -0.2) is 0 Å². The highest BCUT2D eigenvalue weighted by molar-refractivity contribution is 7.12. The van der Waals surface area contributed by atoms with Gasteiger partial charge in [-0.05, 0) is 36.4 Å². The van der Waals surface area contributed by atoms with Gasteiger partial charge < -0.3 is 5.73 Å². The highest BCUT2D eigenvalue weighted by Crippen LogP contribution is 2.64. The van der Waals surface area contributed by atoms with Gasteiger partial charge in [0.25, 0.3) is 0 Å². The van der Waals surface area contributed by atoms with E-state index in [9.17, 15) is 0 Å². The largest absolute Gasteiger partial charge is 0.330 e. The zero-order valence-electron chi connectivity index (χ0n) is 9.92. The second kappa shape index (κ2) is 3.91. The smallest absolute Gasteiger partial charge is 0.00880 e. The summed E-state index contributed by atoms with van der Waals surface area (Å²) in [6.07, 6.45) is 2.47. The Hall–Kier alpha value is -0.340. The van der Waals surface area contributed by atoms with E-state index in [0.29, 0.717) is 11.3 Å². The Balaban J connectivity index is 2.11. The van der Waals surface area contributed by atoms with Crippen molar-refractivity contribution in [1.29, 1.82) is 0 Å². The Morgan fingerprint density at radius 2 is 2.13 bits per heavy atom. The molecular weight excluding hydrogens is 202 g/mol. The summed E-state index contributed by atoms with van der Waals surface area (Å²) in [7, 11) is 0. The molecule has 1 saturated carbocycles. The van der Waals surface area contributed by atoms with Crippen LogP contribution in [0.1, 0.15) is 42.9 Å². The van der Waals surface area contributed by atoms with E-state index in [2.05, 4.69) is 32.9 Å². The lowest BCUT2D eigenvalue weighted by molar-refractivity contribution is 0.559. The zero-order chi connectivity index (χ0) is 11.1. The molecule has 1 aromatic rings. The van der Waals surface area contributed by atoms with Gasteiger partial charge in [-0.2, -0.15) is 0 Å². The van der Waals surface area contributed by atoms with Crippen LogP contribution in [0.4, 0.5) is 0 Å². The summed E-state index contributed by atoms with van der Waals surface area (Å²) in [5.74, 6) is 1.42. The molecule has 0 aromatic carbocycles. The Morgan fingerprint density at radius 3 is 2.67 bits per heavy atom. The van der Waals surface area contributed by atoms with Gasteiger partial charge in [0.05, 0.1) is 0 Å². The summed E-state index contributed by atoms with van der Waals surface area (Å²) in [5.41, 5.74) is 6.24. The molecule has 0 spiro atoms. The van der Waals surface area contributed by atoms with Crippen LogP contribution in [0.25, 0.3) is 0 Å². The Kier molecular flexibility index (Phi) is 2.91. The summed E-state index contributed by atoms with van der Waals surface area (Å²) in [4.78, 5) is 3.09. The van der Waals surface area contributed by atoms with Crippen molar-refractivity contribution >= 4 is 11.3 Å². The predicted octanol–water partition coefficient (Wildman–Crippen LogP) is 3.40. The third-order valence-electron chi connectivity index (χ3n) is 3.79. The summed E-state index contributed by atoms with van der Waals surface area (Å²) in [6, 6.07) is 4.61. The number of aryl methyl sites for hydroxylation is 1. The lowest BCUT2D eigenvalue weighted by atomic mass is 10.1. The molecule has 0 aliphatic heterocycles. The molecule has 1 fully saturated rings. The van der Waals surface area contributed by atoms with E-state index in [1.165, 1.54) is 17.7 Å². The molecule has 0 radical (unpaired) electrons. The molecule has 2 heteroatoms. The molecule has 1 aliphatic carbocycles. The van der Waals surface area contributed by atoms with Crippen LogP contribution in [-0.4, -0.2) is 6.54 Å². The van der Waals surface area contributed by atoms with Crippen molar-refractivity contribution in [2.45, 2.75) is 39.5 Å². The van der Waals surface area contributed by atoms with Gasteiger partial charge in [0.1, 0.15) is 0 Å². The van der Waals surface area contributed by atoms with Crippen LogP contribution in [0.3, 0.4) is 0 Å². The fourth-order valence-electron chi connectivity index (χ4n) is 2.69. The minimum absolute atomic E-state index is 0.434. The molecule has 15 heavy (non-hydrogen) atoms. The maximum absolute atomic E-state index is 5.81. The maximum Gasteiger partial charge on any atom is 0.00880 e. The highest BCUT2D eigenvalue weighted by Gasteiger charge is 2.57. The zero-order valence-corrected chi connectivity index (χ0v) is 10.7. The molecule has 0 amide bonds. The van der Waals surface area contributed by atoms with Crippen LogP contribution in [-0.2, 0) is 6.42 Å². The van der Waals surface area contributed by atoms with Gasteiger partial charge in [0, 0.05) is 15.7 Å². The number of hydrogen-bond donors (Lipinski definition) is 1. The third-order valence-corrected chi connectivity index (χ3v) is 5.02. The molecule has 1 aromatic heterocycles. The molecule has 2 rings (SSSR count). The predicted molar refractivity (Wildman–Crippen MR) is 67.4 cm³/mol. The first-order chi connectivity index (χ1) is 7.11. The molecule has 2 N–H and O–H groups in total. The van der Waals surface area contributed by atoms with Crippen molar-refractivity contribution < 1.29 is 0 Å². The summed E-state index contributed by atoms with van der Waals surface area (Å²) in [5, 5.41) is 0. The molecule has 1 nitrogen and oxygen atoms in total. The Labute approximate surface area is 96.7 Å². The lowest BCUT2D eigenvalue weighted by Gasteiger charge is -1.99. The van der Waals surface area contributed by atoms with E-state index in [0.717, 1.165) is 12.5 Å². The van der Waals surface area contributed by atoms with Gasteiger partial charge >= 0.3 is 0 Å². The standard InChI is InChI=1S/C13H21NS/c1-4-5-9-6-7-11(15-9)12-10(8-14)13(12,2)3/h6-7,10,12H,4-5,8,14H2,1-3H3. The van der Waals surface area contributed by atoms with Gasteiger partial charge in [-0.1, -0.05) is 27.2 Å². The molecule has 1 heterocycles. The number of hydrogen-bond acceptors (Lipinski definition) is 2. The van der Waals surface area contributed by atoms with E-state index in [1.807, 2.05) is 11.3 Å². The maximum atomic E-state index is 5.81. The van der Waals surface area contributed by atoms with Crippen molar-refractivity contribution in [2.24, 2.45) is 17.1 Å². The van der Waals surface area contributed by atoms with E-state index < -0.39 is 0 Å². The Bertz CT molecular complexity index is 340. The minimum Gasteiger partial charge on any atom is -0.330 e. The minimum atomic E-state index is 0.434. The highest BCUT2D eigenvalue weighted by atomic mass is 32.1. The van der Waals surface area contributed by atoms with Gasteiger partial charge in [-0.15, -0.1) is 11.3 Å². The van der Waals surface area contributed by atoms with Gasteiger partial charge in [0.15, 0.2) is 0 Å². The van der Waals surface area contributed by atoms with Crippen LogP contribution in [0.2, 0.25) is 0 Å². The van der Waals surface area contributed by atoms with E-state index >= 15 is 0 Å². The second-order valence-corrected chi connectivity index (χ2v) is 6.40. The molecule has 84 valence electrons. The fourth-order valence-corrected chi connectivity index (χ4v) is 4.17. The molecule has 2 unspecified atom stereocenters. The molecule has 0 bridgehead atoms. The van der Waals surface area contributed by atoms with Crippen LogP contribution in [0.15, 0.2) is 12.1 Å². The van der Waals surface area contributed by atoms with E-state index in [-0.39, 0.29) is 0 Å². The monoisotopic (exact) mass is 223 g/mol. The van der Waals surface area contributed by atoms with Crippen molar-refractivity contribution in [2.75, 3.05) is 6.54 Å².